The van der Waals surface area contributed by atoms with Crippen LogP contribution in [-0.2, 0) is 9.53 Å². The van der Waals surface area contributed by atoms with Gasteiger partial charge in [0.1, 0.15) is 0 Å². The molecule has 1 aromatic rings. The second kappa shape index (κ2) is 8.15. The summed E-state index contributed by atoms with van der Waals surface area (Å²) in [4.78, 5) is 14.3. The van der Waals surface area contributed by atoms with Crippen molar-refractivity contribution in [1.29, 1.82) is 0 Å². The predicted molar refractivity (Wildman–Crippen MR) is 84.1 cm³/mol. The third kappa shape index (κ3) is 4.55. The Morgan fingerprint density at radius 3 is 2.76 bits per heavy atom. The Bertz CT molecular complexity index is 432. The van der Waals surface area contributed by atoms with Gasteiger partial charge in [0.05, 0.1) is 12.5 Å². The Labute approximate surface area is 127 Å². The van der Waals surface area contributed by atoms with E-state index in [0.29, 0.717) is 18.9 Å². The summed E-state index contributed by atoms with van der Waals surface area (Å²) in [6, 6.07) is 10.6. The normalized spacial score (nSPS) is 20.9. The van der Waals surface area contributed by atoms with Crippen LogP contribution >= 0.6 is 0 Å². The first kappa shape index (κ1) is 16.0. The molecule has 0 aliphatic carbocycles. The van der Waals surface area contributed by atoms with Gasteiger partial charge in [-0.3, -0.25) is 4.79 Å². The highest BCUT2D eigenvalue weighted by molar-refractivity contribution is 5.76. The summed E-state index contributed by atoms with van der Waals surface area (Å²) in [6.07, 6.45) is 3.48. The number of carbonyl (C=O) groups excluding carboxylic acids is 1. The zero-order chi connectivity index (χ0) is 15.1. The predicted octanol–water partition coefficient (Wildman–Crippen LogP) is 2.15. The number of nitrogens with two attached hydrogens (primary N) is 1. The van der Waals surface area contributed by atoms with Crippen molar-refractivity contribution in [3.63, 3.8) is 0 Å². The van der Waals surface area contributed by atoms with E-state index in [1.54, 1.807) is 7.11 Å². The van der Waals surface area contributed by atoms with Crippen LogP contribution in [0.1, 0.15) is 37.2 Å². The van der Waals surface area contributed by atoms with E-state index in [9.17, 15) is 4.79 Å². The Balaban J connectivity index is 1.90. The second-order valence-electron chi connectivity index (χ2n) is 5.72. The summed E-state index contributed by atoms with van der Waals surface area (Å²) >= 11 is 0. The molecule has 1 heterocycles. The van der Waals surface area contributed by atoms with Crippen LogP contribution in [0.15, 0.2) is 30.3 Å². The molecule has 1 fully saturated rings. The Hall–Kier alpha value is -1.39. The smallest absolute Gasteiger partial charge is 0.225 e. The standard InChI is InChI=1S/C17H26N2O2/c1-21-16(13-18)12-17(20)19-10-5-8-15(9-11-19)14-6-3-2-4-7-14/h2-4,6-7,15-16H,5,8-13,18H2,1H3. The summed E-state index contributed by atoms with van der Waals surface area (Å²) in [5.74, 6) is 0.734. The van der Waals surface area contributed by atoms with Crippen LogP contribution in [0.2, 0.25) is 0 Å². The van der Waals surface area contributed by atoms with E-state index in [1.165, 1.54) is 5.56 Å². The van der Waals surface area contributed by atoms with E-state index in [-0.39, 0.29) is 12.0 Å². The van der Waals surface area contributed by atoms with Crippen LogP contribution in [0.4, 0.5) is 0 Å². The minimum atomic E-state index is -0.161. The maximum absolute atomic E-state index is 12.3. The molecule has 2 unspecified atom stereocenters. The zero-order valence-electron chi connectivity index (χ0n) is 12.8. The van der Waals surface area contributed by atoms with Crippen molar-refractivity contribution >= 4 is 5.91 Å². The lowest BCUT2D eigenvalue weighted by Gasteiger charge is -2.23. The monoisotopic (exact) mass is 290 g/mol. The lowest BCUT2D eigenvalue weighted by Crippen LogP contribution is -2.36. The number of rotatable bonds is 5. The first-order valence-corrected chi connectivity index (χ1v) is 7.80. The number of ether oxygens (including phenoxy) is 1. The Morgan fingerprint density at radius 2 is 2.10 bits per heavy atom. The van der Waals surface area contributed by atoms with Gasteiger partial charge >= 0.3 is 0 Å². The fourth-order valence-electron chi connectivity index (χ4n) is 2.99. The van der Waals surface area contributed by atoms with E-state index in [4.69, 9.17) is 10.5 Å². The first-order chi connectivity index (χ1) is 10.2. The number of benzene rings is 1. The Morgan fingerprint density at radius 1 is 1.33 bits per heavy atom. The van der Waals surface area contributed by atoms with Crippen LogP contribution < -0.4 is 5.73 Å². The largest absolute Gasteiger partial charge is 0.380 e. The molecule has 116 valence electrons. The van der Waals surface area contributed by atoms with Crippen molar-refractivity contribution in [2.24, 2.45) is 5.73 Å². The average Bonchev–Trinajstić information content (AvgIpc) is 2.79. The molecular formula is C17H26N2O2. The van der Waals surface area contributed by atoms with Crippen LogP contribution in [0.3, 0.4) is 0 Å². The molecule has 0 spiro atoms. The van der Waals surface area contributed by atoms with E-state index < -0.39 is 0 Å². The molecule has 1 aliphatic rings. The molecular weight excluding hydrogens is 264 g/mol. The Kier molecular flexibility index (Phi) is 6.21. The van der Waals surface area contributed by atoms with Crippen LogP contribution in [0.5, 0.6) is 0 Å². The van der Waals surface area contributed by atoms with Gasteiger partial charge in [0.15, 0.2) is 0 Å². The van der Waals surface area contributed by atoms with Crippen molar-refractivity contribution in [2.45, 2.75) is 37.7 Å². The van der Waals surface area contributed by atoms with Crippen LogP contribution in [0.25, 0.3) is 0 Å². The van der Waals surface area contributed by atoms with Crippen molar-refractivity contribution in [3.8, 4) is 0 Å². The minimum absolute atomic E-state index is 0.161. The molecule has 2 rings (SSSR count). The second-order valence-corrected chi connectivity index (χ2v) is 5.72. The molecule has 4 heteroatoms. The van der Waals surface area contributed by atoms with E-state index in [2.05, 4.69) is 24.3 Å². The third-order valence-electron chi connectivity index (χ3n) is 4.35. The molecule has 0 saturated carbocycles. The number of likely N-dealkylation sites (tertiary alicyclic amines) is 1. The number of hydrogen-bond acceptors (Lipinski definition) is 3. The molecule has 1 amide bonds. The van der Waals surface area contributed by atoms with Gasteiger partial charge in [0, 0.05) is 26.7 Å². The number of hydrogen-bond donors (Lipinski definition) is 1. The molecule has 1 aromatic carbocycles. The topological polar surface area (TPSA) is 55.6 Å². The lowest BCUT2D eigenvalue weighted by molar-refractivity contribution is -0.133. The summed E-state index contributed by atoms with van der Waals surface area (Å²) in [6.45, 7) is 2.07. The van der Waals surface area contributed by atoms with Gasteiger partial charge < -0.3 is 15.4 Å². The van der Waals surface area contributed by atoms with E-state index in [1.807, 2.05) is 11.0 Å². The fourth-order valence-corrected chi connectivity index (χ4v) is 2.99. The third-order valence-corrected chi connectivity index (χ3v) is 4.35. The molecule has 2 atom stereocenters. The first-order valence-electron chi connectivity index (χ1n) is 7.80. The lowest BCUT2D eigenvalue weighted by atomic mass is 9.92. The number of nitrogens with zero attached hydrogens (tertiary/aromatic N) is 1. The van der Waals surface area contributed by atoms with Crippen molar-refractivity contribution in [1.82, 2.24) is 4.90 Å². The summed E-state index contributed by atoms with van der Waals surface area (Å²) in [5.41, 5.74) is 6.99. The highest BCUT2D eigenvalue weighted by Crippen LogP contribution is 2.28. The van der Waals surface area contributed by atoms with Crippen molar-refractivity contribution < 1.29 is 9.53 Å². The average molecular weight is 290 g/mol. The molecule has 0 aromatic heterocycles. The zero-order valence-corrected chi connectivity index (χ0v) is 12.8. The van der Waals surface area contributed by atoms with E-state index in [0.717, 1.165) is 32.4 Å². The maximum atomic E-state index is 12.3. The number of carbonyl (C=O) groups is 1. The minimum Gasteiger partial charge on any atom is -0.380 e. The van der Waals surface area contributed by atoms with Gasteiger partial charge in [-0.05, 0) is 30.7 Å². The number of amides is 1. The highest BCUT2D eigenvalue weighted by atomic mass is 16.5. The van der Waals surface area contributed by atoms with Crippen LogP contribution in [-0.4, -0.2) is 43.7 Å². The van der Waals surface area contributed by atoms with Gasteiger partial charge in [0.2, 0.25) is 5.91 Å². The van der Waals surface area contributed by atoms with Gasteiger partial charge in [-0.1, -0.05) is 30.3 Å². The van der Waals surface area contributed by atoms with Crippen molar-refractivity contribution in [2.75, 3.05) is 26.7 Å². The molecule has 4 nitrogen and oxygen atoms in total. The summed E-state index contributed by atoms with van der Waals surface area (Å²) in [5, 5.41) is 0. The van der Waals surface area contributed by atoms with E-state index >= 15 is 0 Å². The van der Waals surface area contributed by atoms with Gasteiger partial charge in [-0.15, -0.1) is 0 Å². The molecule has 1 aliphatic heterocycles. The quantitative estimate of drug-likeness (QED) is 0.904. The number of methoxy groups -OCH3 is 1. The SMILES string of the molecule is COC(CN)CC(=O)N1CCCC(c2ccccc2)CC1. The molecule has 2 N–H and O–H groups in total. The maximum Gasteiger partial charge on any atom is 0.225 e. The van der Waals surface area contributed by atoms with Gasteiger partial charge in [-0.2, -0.15) is 0 Å². The fraction of sp³-hybridized carbons (Fsp3) is 0.588. The van der Waals surface area contributed by atoms with Gasteiger partial charge in [0.25, 0.3) is 0 Å². The van der Waals surface area contributed by atoms with Crippen LogP contribution in [0, 0.1) is 0 Å². The summed E-state index contributed by atoms with van der Waals surface area (Å²) in [7, 11) is 1.61. The van der Waals surface area contributed by atoms with Crippen molar-refractivity contribution in [3.05, 3.63) is 35.9 Å². The molecule has 0 bridgehead atoms. The molecule has 1 saturated heterocycles. The summed E-state index contributed by atoms with van der Waals surface area (Å²) < 4.78 is 5.21. The molecule has 0 radical (unpaired) electrons. The highest BCUT2D eigenvalue weighted by Gasteiger charge is 2.23. The van der Waals surface area contributed by atoms with Gasteiger partial charge in [-0.25, -0.2) is 0 Å². The molecule has 21 heavy (non-hydrogen) atoms.